The van der Waals surface area contributed by atoms with E-state index in [4.69, 9.17) is 20.9 Å². The summed E-state index contributed by atoms with van der Waals surface area (Å²) >= 11 is 5.98. The summed E-state index contributed by atoms with van der Waals surface area (Å²) in [6, 6.07) is 12.7. The zero-order valence-electron chi connectivity index (χ0n) is 20.6. The first-order valence-corrected chi connectivity index (χ1v) is 13.7. The minimum atomic E-state index is -3.96. The molecule has 2 heterocycles. The molecule has 35 heavy (non-hydrogen) atoms. The summed E-state index contributed by atoms with van der Waals surface area (Å²) < 4.78 is 40.9. The Hall–Kier alpha value is -1.91. The Kier molecular flexibility index (Phi) is 7.37. The van der Waals surface area contributed by atoms with Gasteiger partial charge in [-0.15, -0.1) is 0 Å². The molecule has 2 aromatic rings. The van der Waals surface area contributed by atoms with E-state index < -0.39 is 34.4 Å². The first-order valence-electron chi connectivity index (χ1n) is 11.9. The molecule has 10 heteroatoms. The van der Waals surface area contributed by atoms with Gasteiger partial charge in [0.05, 0.1) is 16.1 Å². The number of nitrogens with one attached hydrogen (secondary N) is 1. The number of carbonyl (C=O) groups is 1. The summed E-state index contributed by atoms with van der Waals surface area (Å²) in [5.74, 6) is -0.270. The minimum Gasteiger partial charge on any atom is -0.399 e. The number of hydrogen-bond acceptors (Lipinski definition) is 5. The second-order valence-electron chi connectivity index (χ2n) is 10.1. The SMILES string of the molecule is CC1(C)OB(c2ccc(CN([C@@H]3CCCCNC3=O)S(=O)(=O)c3ccc(Cl)cc3)cc2)OC1(C)C. The van der Waals surface area contributed by atoms with E-state index in [0.717, 1.165) is 23.9 Å². The number of carbonyl (C=O) groups excluding carboxylic acids is 1. The maximum atomic E-state index is 13.7. The molecule has 1 atom stereocenters. The molecule has 0 aromatic heterocycles. The van der Waals surface area contributed by atoms with Gasteiger partial charge >= 0.3 is 7.12 Å². The van der Waals surface area contributed by atoms with Crippen LogP contribution in [0.25, 0.3) is 0 Å². The van der Waals surface area contributed by atoms with Gasteiger partial charge in [-0.05, 0) is 82.2 Å². The van der Waals surface area contributed by atoms with Crippen LogP contribution in [-0.2, 0) is 30.7 Å². The first kappa shape index (κ1) is 26.2. The smallest absolute Gasteiger partial charge is 0.399 e. The second-order valence-corrected chi connectivity index (χ2v) is 12.5. The summed E-state index contributed by atoms with van der Waals surface area (Å²) in [4.78, 5) is 13.0. The monoisotopic (exact) mass is 518 g/mol. The van der Waals surface area contributed by atoms with E-state index in [2.05, 4.69) is 5.32 Å². The van der Waals surface area contributed by atoms with E-state index in [1.807, 2.05) is 52.0 Å². The Morgan fingerprint density at radius 1 is 1.00 bits per heavy atom. The van der Waals surface area contributed by atoms with Crippen LogP contribution in [0.4, 0.5) is 0 Å². The van der Waals surface area contributed by atoms with Gasteiger partial charge in [0.15, 0.2) is 0 Å². The highest BCUT2D eigenvalue weighted by molar-refractivity contribution is 7.89. The summed E-state index contributed by atoms with van der Waals surface area (Å²) in [7, 11) is -4.46. The largest absolute Gasteiger partial charge is 0.494 e. The van der Waals surface area contributed by atoms with Gasteiger partial charge in [-0.1, -0.05) is 35.9 Å². The molecule has 0 saturated carbocycles. The van der Waals surface area contributed by atoms with E-state index >= 15 is 0 Å². The van der Waals surface area contributed by atoms with E-state index in [-0.39, 0.29) is 17.3 Å². The molecule has 0 bridgehead atoms. The molecular formula is C25H32BClN2O5S. The molecular weight excluding hydrogens is 487 g/mol. The highest BCUT2D eigenvalue weighted by Crippen LogP contribution is 2.36. The molecule has 2 fully saturated rings. The fourth-order valence-electron chi connectivity index (χ4n) is 4.24. The van der Waals surface area contributed by atoms with Gasteiger partial charge in [0.1, 0.15) is 6.04 Å². The summed E-state index contributed by atoms with van der Waals surface area (Å²) in [6.45, 7) is 8.61. The second kappa shape index (κ2) is 9.86. The van der Waals surface area contributed by atoms with Gasteiger partial charge in [-0.3, -0.25) is 4.79 Å². The highest BCUT2D eigenvalue weighted by atomic mass is 35.5. The standard InChI is InChI=1S/C25H32BClN2O5S/c1-24(2)25(3,4)34-26(33-24)19-10-8-18(9-11-19)17-29(22-7-5-6-16-28-23(22)30)35(31,32)21-14-12-20(27)13-15-21/h8-15,22H,5-7,16-17H2,1-4H3,(H,28,30)/t22-/m1/s1. The Morgan fingerprint density at radius 3 is 2.20 bits per heavy atom. The predicted octanol–water partition coefficient (Wildman–Crippen LogP) is 3.50. The number of benzene rings is 2. The normalized spacial score (nSPS) is 22.2. The fraction of sp³-hybridized carbons (Fsp3) is 0.480. The van der Waals surface area contributed by atoms with Crippen LogP contribution in [0.3, 0.4) is 0 Å². The van der Waals surface area contributed by atoms with Gasteiger partial charge in [-0.25, -0.2) is 8.42 Å². The van der Waals surface area contributed by atoms with Crippen molar-refractivity contribution in [2.45, 2.75) is 75.6 Å². The zero-order chi connectivity index (χ0) is 25.4. The van der Waals surface area contributed by atoms with Crippen LogP contribution >= 0.6 is 11.6 Å². The summed E-state index contributed by atoms with van der Waals surface area (Å²) in [5.41, 5.74) is 0.714. The third-order valence-corrected chi connectivity index (χ3v) is 9.24. The Labute approximate surface area is 213 Å². The van der Waals surface area contributed by atoms with Crippen LogP contribution in [0, 0.1) is 0 Å². The molecule has 0 aliphatic carbocycles. The minimum absolute atomic E-state index is 0.0622. The van der Waals surface area contributed by atoms with Crippen molar-refractivity contribution in [2.75, 3.05) is 6.54 Å². The first-order chi connectivity index (χ1) is 16.4. The van der Waals surface area contributed by atoms with Crippen molar-refractivity contribution in [2.24, 2.45) is 0 Å². The molecule has 2 aliphatic rings. The van der Waals surface area contributed by atoms with E-state index in [0.29, 0.717) is 18.0 Å². The predicted molar refractivity (Wildman–Crippen MR) is 137 cm³/mol. The van der Waals surface area contributed by atoms with Gasteiger partial charge in [0.2, 0.25) is 15.9 Å². The van der Waals surface area contributed by atoms with Crippen molar-refractivity contribution in [1.29, 1.82) is 0 Å². The molecule has 0 unspecified atom stereocenters. The van der Waals surface area contributed by atoms with Crippen molar-refractivity contribution in [3.05, 3.63) is 59.1 Å². The van der Waals surface area contributed by atoms with Crippen molar-refractivity contribution < 1.29 is 22.5 Å². The average molecular weight is 519 g/mol. The Balaban J connectivity index is 1.62. The molecule has 188 valence electrons. The number of hydrogen-bond donors (Lipinski definition) is 1. The topological polar surface area (TPSA) is 84.9 Å². The molecule has 1 amide bonds. The van der Waals surface area contributed by atoms with Crippen LogP contribution < -0.4 is 10.8 Å². The third kappa shape index (κ3) is 5.44. The van der Waals surface area contributed by atoms with Crippen LogP contribution in [0.1, 0.15) is 52.5 Å². The van der Waals surface area contributed by atoms with Crippen molar-refractivity contribution in [1.82, 2.24) is 9.62 Å². The number of nitrogens with zero attached hydrogens (tertiary/aromatic N) is 1. The Bertz CT molecular complexity index is 1150. The lowest BCUT2D eigenvalue weighted by atomic mass is 9.79. The molecule has 0 spiro atoms. The lowest BCUT2D eigenvalue weighted by Crippen LogP contribution is -2.48. The van der Waals surface area contributed by atoms with Crippen molar-refractivity contribution >= 4 is 40.1 Å². The third-order valence-electron chi connectivity index (χ3n) is 7.12. The molecule has 2 aromatic carbocycles. The molecule has 4 rings (SSSR count). The van der Waals surface area contributed by atoms with Crippen molar-refractivity contribution in [3.8, 4) is 0 Å². The number of sulfonamides is 1. The van der Waals surface area contributed by atoms with E-state index in [9.17, 15) is 13.2 Å². The van der Waals surface area contributed by atoms with Crippen molar-refractivity contribution in [3.63, 3.8) is 0 Å². The highest BCUT2D eigenvalue weighted by Gasteiger charge is 2.51. The molecule has 1 N–H and O–H groups in total. The maximum Gasteiger partial charge on any atom is 0.494 e. The lowest BCUT2D eigenvalue weighted by molar-refractivity contribution is -0.124. The Morgan fingerprint density at radius 2 is 1.60 bits per heavy atom. The molecule has 7 nitrogen and oxygen atoms in total. The quantitative estimate of drug-likeness (QED) is 0.592. The van der Waals surface area contributed by atoms with E-state index in [1.165, 1.54) is 16.4 Å². The van der Waals surface area contributed by atoms with Gasteiger partial charge in [0.25, 0.3) is 0 Å². The van der Waals surface area contributed by atoms with Gasteiger partial charge < -0.3 is 14.6 Å². The molecule has 0 radical (unpaired) electrons. The van der Waals surface area contributed by atoms with Crippen LogP contribution in [0.5, 0.6) is 0 Å². The maximum absolute atomic E-state index is 13.7. The zero-order valence-corrected chi connectivity index (χ0v) is 22.2. The summed E-state index contributed by atoms with van der Waals surface area (Å²) in [6.07, 6.45) is 2.04. The van der Waals surface area contributed by atoms with Crippen LogP contribution in [0.15, 0.2) is 53.4 Å². The molecule has 2 saturated heterocycles. The van der Waals surface area contributed by atoms with Gasteiger partial charge in [0, 0.05) is 18.1 Å². The number of amides is 1. The lowest BCUT2D eigenvalue weighted by Gasteiger charge is -2.32. The van der Waals surface area contributed by atoms with Gasteiger partial charge in [-0.2, -0.15) is 4.31 Å². The van der Waals surface area contributed by atoms with Crippen LogP contribution in [-0.4, -0.2) is 49.5 Å². The molecule has 2 aliphatic heterocycles. The summed E-state index contributed by atoms with van der Waals surface area (Å²) in [5, 5.41) is 3.30. The average Bonchev–Trinajstić information content (AvgIpc) is 2.91. The van der Waals surface area contributed by atoms with Crippen LogP contribution in [0.2, 0.25) is 5.02 Å². The fourth-order valence-corrected chi connectivity index (χ4v) is 5.97. The van der Waals surface area contributed by atoms with E-state index in [1.54, 1.807) is 12.1 Å². The number of rotatable bonds is 6. The number of halogens is 1.